The zero-order valence-electron chi connectivity index (χ0n) is 15.6. The molecule has 1 heterocycles. The molecule has 0 saturated carbocycles. The lowest BCUT2D eigenvalue weighted by atomic mass is 10.1. The van der Waals surface area contributed by atoms with Gasteiger partial charge in [-0.25, -0.2) is 0 Å². The summed E-state index contributed by atoms with van der Waals surface area (Å²) in [6.07, 6.45) is 0. The summed E-state index contributed by atoms with van der Waals surface area (Å²) in [6.45, 7) is 2.65. The second-order valence-corrected chi connectivity index (χ2v) is 8.19. The Labute approximate surface area is 173 Å². The first-order valence-corrected chi connectivity index (χ1v) is 11.1. The molecule has 0 aliphatic carbocycles. The van der Waals surface area contributed by atoms with Crippen molar-refractivity contribution < 1.29 is 9.59 Å². The minimum Gasteiger partial charge on any atom is -0.351 e. The summed E-state index contributed by atoms with van der Waals surface area (Å²) < 4.78 is 0. The van der Waals surface area contributed by atoms with Gasteiger partial charge in [0.2, 0.25) is 0 Å². The Balaban J connectivity index is 1.49. The highest BCUT2D eigenvalue weighted by Crippen LogP contribution is 2.17. The molecule has 1 aromatic heterocycles. The number of carbonyl (C=O) groups excluding carboxylic acids is 2. The molecule has 0 unspecified atom stereocenters. The molecule has 2 N–H and O–H groups in total. The highest BCUT2D eigenvalue weighted by molar-refractivity contribution is 7.98. The van der Waals surface area contributed by atoms with E-state index in [2.05, 4.69) is 41.8 Å². The van der Waals surface area contributed by atoms with Crippen molar-refractivity contribution >= 4 is 40.6 Å². The molecular weight excluding hydrogens is 388 g/mol. The Morgan fingerprint density at radius 3 is 2.54 bits per heavy atom. The molecule has 3 rings (SSSR count). The Kier molecular flexibility index (Phi) is 7.28. The summed E-state index contributed by atoms with van der Waals surface area (Å²) in [6, 6.07) is 17.3. The molecule has 0 fully saturated rings. The van der Waals surface area contributed by atoms with Crippen molar-refractivity contribution in [2.45, 2.75) is 12.7 Å². The van der Waals surface area contributed by atoms with Gasteiger partial charge in [-0.15, -0.1) is 0 Å². The molecule has 144 valence electrons. The van der Waals surface area contributed by atoms with Crippen LogP contribution in [0.1, 0.15) is 31.8 Å². The van der Waals surface area contributed by atoms with Crippen LogP contribution in [0.15, 0.2) is 65.4 Å². The fraction of sp³-hybridized carbons (Fsp3) is 0.182. The summed E-state index contributed by atoms with van der Waals surface area (Å²) in [4.78, 5) is 24.8. The number of rotatable bonds is 8. The van der Waals surface area contributed by atoms with Crippen LogP contribution >= 0.6 is 23.1 Å². The van der Waals surface area contributed by atoms with E-state index in [-0.39, 0.29) is 11.8 Å². The van der Waals surface area contributed by atoms with Crippen LogP contribution in [0.3, 0.4) is 0 Å². The largest absolute Gasteiger partial charge is 0.351 e. The fourth-order valence-electron chi connectivity index (χ4n) is 2.58. The number of carbonyl (C=O) groups is 2. The number of amides is 2. The Morgan fingerprint density at radius 1 is 1.00 bits per heavy atom. The number of nitrogens with one attached hydrogen (secondary N) is 2. The van der Waals surface area contributed by atoms with Gasteiger partial charge >= 0.3 is 0 Å². The quantitative estimate of drug-likeness (QED) is 0.515. The second kappa shape index (κ2) is 10.1. The number of hydrogen-bond acceptors (Lipinski definition) is 4. The van der Waals surface area contributed by atoms with E-state index in [1.807, 2.05) is 5.38 Å². The Morgan fingerprint density at radius 2 is 1.79 bits per heavy atom. The normalized spacial score (nSPS) is 10.5. The molecule has 2 amide bonds. The number of para-hydroxylation sites is 1. The highest BCUT2D eigenvalue weighted by atomic mass is 32.2. The Hall–Kier alpha value is -2.57. The molecule has 0 atom stereocenters. The zero-order valence-corrected chi connectivity index (χ0v) is 17.2. The number of anilines is 1. The molecule has 6 heteroatoms. The maximum absolute atomic E-state index is 12.5. The lowest BCUT2D eigenvalue weighted by molar-refractivity contribution is 0.0957. The van der Waals surface area contributed by atoms with Crippen molar-refractivity contribution in [2.24, 2.45) is 0 Å². The third kappa shape index (κ3) is 5.71. The number of thioether (sulfide) groups is 1. The van der Waals surface area contributed by atoms with Crippen LogP contribution in [0.5, 0.6) is 0 Å². The number of thiophene rings is 1. The monoisotopic (exact) mass is 410 g/mol. The number of aryl methyl sites for hydroxylation is 1. The van der Waals surface area contributed by atoms with E-state index in [1.54, 1.807) is 47.5 Å². The van der Waals surface area contributed by atoms with Crippen molar-refractivity contribution in [1.82, 2.24) is 5.32 Å². The molecule has 0 aliphatic rings. The standard InChI is InChI=1S/C22H22N2O2S2/c1-16-6-8-17(9-7-16)14-28-13-11-23-22(26)19-4-2-3-5-20(19)24-21(25)18-10-12-27-15-18/h2-10,12,15H,11,13-14H2,1H3,(H,23,26)(H,24,25). The fourth-order valence-corrected chi connectivity index (χ4v) is 4.04. The van der Waals surface area contributed by atoms with Gasteiger partial charge in [0.1, 0.15) is 0 Å². The van der Waals surface area contributed by atoms with E-state index in [0.717, 1.165) is 11.5 Å². The first kappa shape index (κ1) is 20.2. The van der Waals surface area contributed by atoms with Gasteiger partial charge in [-0.05, 0) is 36.1 Å². The smallest absolute Gasteiger partial charge is 0.256 e. The maximum atomic E-state index is 12.5. The second-order valence-electron chi connectivity index (χ2n) is 6.31. The van der Waals surface area contributed by atoms with Crippen molar-refractivity contribution in [1.29, 1.82) is 0 Å². The summed E-state index contributed by atoms with van der Waals surface area (Å²) >= 11 is 3.24. The summed E-state index contributed by atoms with van der Waals surface area (Å²) in [7, 11) is 0. The predicted octanol–water partition coefficient (Wildman–Crippen LogP) is 4.97. The van der Waals surface area contributed by atoms with Gasteiger partial charge in [0.25, 0.3) is 11.8 Å². The van der Waals surface area contributed by atoms with Gasteiger partial charge < -0.3 is 10.6 Å². The van der Waals surface area contributed by atoms with Gasteiger partial charge in [-0.2, -0.15) is 23.1 Å². The van der Waals surface area contributed by atoms with E-state index in [1.165, 1.54) is 22.5 Å². The predicted molar refractivity (Wildman–Crippen MR) is 118 cm³/mol. The van der Waals surface area contributed by atoms with E-state index in [9.17, 15) is 9.59 Å². The summed E-state index contributed by atoms with van der Waals surface area (Å²) in [5.74, 6) is 1.35. The third-order valence-corrected chi connectivity index (χ3v) is 5.84. The highest BCUT2D eigenvalue weighted by Gasteiger charge is 2.13. The summed E-state index contributed by atoms with van der Waals surface area (Å²) in [5.41, 5.74) is 4.11. The lowest BCUT2D eigenvalue weighted by Gasteiger charge is -2.11. The van der Waals surface area contributed by atoms with Crippen LogP contribution in [-0.2, 0) is 5.75 Å². The van der Waals surface area contributed by atoms with Gasteiger partial charge in [-0.1, -0.05) is 42.0 Å². The van der Waals surface area contributed by atoms with Crippen molar-refractivity contribution in [3.05, 3.63) is 87.6 Å². The van der Waals surface area contributed by atoms with Crippen LogP contribution in [0.25, 0.3) is 0 Å². The Bertz CT molecular complexity index is 922. The van der Waals surface area contributed by atoms with Gasteiger partial charge in [-0.3, -0.25) is 9.59 Å². The molecule has 4 nitrogen and oxygen atoms in total. The first-order valence-electron chi connectivity index (χ1n) is 8.97. The zero-order chi connectivity index (χ0) is 19.8. The molecular formula is C22H22N2O2S2. The van der Waals surface area contributed by atoms with Gasteiger partial charge in [0.15, 0.2) is 0 Å². The minimum absolute atomic E-state index is 0.183. The summed E-state index contributed by atoms with van der Waals surface area (Å²) in [5, 5.41) is 9.39. The lowest BCUT2D eigenvalue weighted by Crippen LogP contribution is -2.27. The van der Waals surface area contributed by atoms with Crippen LogP contribution < -0.4 is 10.6 Å². The van der Waals surface area contributed by atoms with E-state index in [0.29, 0.717) is 23.4 Å². The maximum Gasteiger partial charge on any atom is 0.256 e. The molecule has 0 spiro atoms. The minimum atomic E-state index is -0.213. The van der Waals surface area contributed by atoms with Crippen LogP contribution in [0, 0.1) is 6.92 Å². The molecule has 0 saturated heterocycles. The number of hydrogen-bond donors (Lipinski definition) is 2. The molecule has 2 aromatic carbocycles. The van der Waals surface area contributed by atoms with Gasteiger partial charge in [0, 0.05) is 23.4 Å². The van der Waals surface area contributed by atoms with Crippen molar-refractivity contribution in [3.8, 4) is 0 Å². The number of benzene rings is 2. The van der Waals surface area contributed by atoms with E-state index >= 15 is 0 Å². The average Bonchev–Trinajstić information content (AvgIpc) is 3.24. The van der Waals surface area contributed by atoms with E-state index < -0.39 is 0 Å². The van der Waals surface area contributed by atoms with Gasteiger partial charge in [0.05, 0.1) is 16.8 Å². The molecule has 3 aromatic rings. The van der Waals surface area contributed by atoms with Crippen LogP contribution in [0.4, 0.5) is 5.69 Å². The topological polar surface area (TPSA) is 58.2 Å². The first-order chi connectivity index (χ1) is 13.6. The molecule has 0 aliphatic heterocycles. The molecule has 0 bridgehead atoms. The van der Waals surface area contributed by atoms with Crippen molar-refractivity contribution in [2.75, 3.05) is 17.6 Å². The van der Waals surface area contributed by atoms with Crippen molar-refractivity contribution in [3.63, 3.8) is 0 Å². The third-order valence-electron chi connectivity index (χ3n) is 4.12. The SMILES string of the molecule is Cc1ccc(CSCCNC(=O)c2ccccc2NC(=O)c2ccsc2)cc1. The average molecular weight is 411 g/mol. The van der Waals surface area contributed by atoms with Crippen LogP contribution in [-0.4, -0.2) is 24.1 Å². The van der Waals surface area contributed by atoms with Crippen LogP contribution in [0.2, 0.25) is 0 Å². The molecule has 0 radical (unpaired) electrons. The molecule has 28 heavy (non-hydrogen) atoms. The van der Waals surface area contributed by atoms with E-state index in [4.69, 9.17) is 0 Å².